The Balaban J connectivity index is 1.66. The normalized spacial score (nSPS) is 14.1. The molecule has 0 bridgehead atoms. The molecule has 0 radical (unpaired) electrons. The fourth-order valence-electron chi connectivity index (χ4n) is 3.67. The van der Waals surface area contributed by atoms with Crippen molar-refractivity contribution in [2.45, 2.75) is 31.2 Å². The second kappa shape index (κ2) is 8.36. The first kappa shape index (κ1) is 21.4. The van der Waals surface area contributed by atoms with E-state index in [4.69, 9.17) is 11.6 Å². The lowest BCUT2D eigenvalue weighted by molar-refractivity contribution is -0.119. The van der Waals surface area contributed by atoms with Crippen molar-refractivity contribution in [1.82, 2.24) is 5.32 Å². The summed E-state index contributed by atoms with van der Waals surface area (Å²) in [4.78, 5) is 12.9. The van der Waals surface area contributed by atoms with Crippen molar-refractivity contribution in [1.29, 1.82) is 0 Å². The van der Waals surface area contributed by atoms with E-state index in [1.165, 1.54) is 4.31 Å². The number of carbonyl (C=O) groups is 1. The molecular formula is C24H23ClN2O3S. The second-order valence-electron chi connectivity index (χ2n) is 7.84. The van der Waals surface area contributed by atoms with Crippen LogP contribution in [0, 0.1) is 0 Å². The fourth-order valence-corrected chi connectivity index (χ4v) is 5.44. The Kier molecular flexibility index (Phi) is 5.77. The number of sulfonamides is 1. The van der Waals surface area contributed by atoms with E-state index in [2.05, 4.69) is 19.2 Å². The van der Waals surface area contributed by atoms with Gasteiger partial charge in [0.25, 0.3) is 10.0 Å². The number of amides is 1. The molecular weight excluding hydrogens is 432 g/mol. The van der Waals surface area contributed by atoms with Gasteiger partial charge in [-0.25, -0.2) is 8.42 Å². The Bertz CT molecular complexity index is 1240. The van der Waals surface area contributed by atoms with Gasteiger partial charge >= 0.3 is 0 Å². The lowest BCUT2D eigenvalue weighted by atomic mass is 9.95. The number of nitrogens with one attached hydrogen (secondary N) is 1. The Morgan fingerprint density at radius 2 is 1.71 bits per heavy atom. The molecule has 0 aromatic heterocycles. The molecule has 0 atom stereocenters. The van der Waals surface area contributed by atoms with Crippen molar-refractivity contribution in [3.8, 4) is 11.1 Å². The smallest absolute Gasteiger partial charge is 0.265 e. The van der Waals surface area contributed by atoms with E-state index in [0.29, 0.717) is 28.7 Å². The summed E-state index contributed by atoms with van der Waals surface area (Å²) in [6, 6.07) is 19.8. The second-order valence-corrected chi connectivity index (χ2v) is 10.1. The summed E-state index contributed by atoms with van der Waals surface area (Å²) < 4.78 is 27.9. The van der Waals surface area contributed by atoms with Gasteiger partial charge in [0, 0.05) is 22.7 Å². The molecule has 1 aliphatic heterocycles. The van der Waals surface area contributed by atoms with Crippen LogP contribution in [-0.4, -0.2) is 20.9 Å². The molecule has 7 heteroatoms. The fraction of sp³-hybridized carbons (Fsp3) is 0.208. The number of hydrogen-bond acceptors (Lipinski definition) is 3. The predicted octanol–water partition coefficient (Wildman–Crippen LogP) is 4.96. The zero-order valence-electron chi connectivity index (χ0n) is 17.3. The summed E-state index contributed by atoms with van der Waals surface area (Å²) in [5, 5.41) is 3.42. The van der Waals surface area contributed by atoms with Crippen LogP contribution in [0.3, 0.4) is 0 Å². The van der Waals surface area contributed by atoms with E-state index in [9.17, 15) is 13.2 Å². The summed E-state index contributed by atoms with van der Waals surface area (Å²) in [5.41, 5.74) is 4.00. The Hall–Kier alpha value is -2.83. The maximum Gasteiger partial charge on any atom is 0.265 e. The molecule has 3 aromatic carbocycles. The summed E-state index contributed by atoms with van der Waals surface area (Å²) in [6.45, 7) is 4.18. The molecule has 0 unspecified atom stereocenters. The Morgan fingerprint density at radius 1 is 1.00 bits per heavy atom. The van der Waals surface area contributed by atoms with Crippen LogP contribution in [0.15, 0.2) is 71.6 Å². The average Bonchev–Trinajstić information content (AvgIpc) is 2.76. The number of benzene rings is 3. The molecule has 0 fully saturated rings. The highest BCUT2D eigenvalue weighted by atomic mass is 35.5. The minimum atomic E-state index is -3.86. The lowest BCUT2D eigenvalue weighted by Gasteiger charge is -2.32. The maximum atomic E-state index is 13.4. The van der Waals surface area contributed by atoms with E-state index in [1.807, 2.05) is 36.4 Å². The number of carbonyl (C=O) groups excluding carboxylic acids is 1. The number of hydrogen-bond donors (Lipinski definition) is 1. The molecule has 31 heavy (non-hydrogen) atoms. The number of rotatable bonds is 5. The van der Waals surface area contributed by atoms with Gasteiger partial charge in [-0.1, -0.05) is 61.8 Å². The highest BCUT2D eigenvalue weighted by molar-refractivity contribution is 7.93. The SMILES string of the molecule is CC(C)c1ccc2c(c1)-c1ccccc1S(=O)(=O)N2CC(=O)NCc1ccc(Cl)cc1. The van der Waals surface area contributed by atoms with Crippen LogP contribution < -0.4 is 9.62 Å². The van der Waals surface area contributed by atoms with Crippen molar-refractivity contribution in [3.05, 3.63) is 82.9 Å². The molecule has 0 aliphatic carbocycles. The zero-order chi connectivity index (χ0) is 22.2. The van der Waals surface area contributed by atoms with Gasteiger partial charge in [-0.05, 0) is 47.4 Å². The summed E-state index contributed by atoms with van der Waals surface area (Å²) in [7, 11) is -3.86. The number of halogens is 1. The van der Waals surface area contributed by atoms with Gasteiger partial charge in [0.05, 0.1) is 10.6 Å². The van der Waals surface area contributed by atoms with Crippen LogP contribution >= 0.6 is 11.6 Å². The van der Waals surface area contributed by atoms with Gasteiger partial charge in [-0.2, -0.15) is 0 Å². The molecule has 1 heterocycles. The highest BCUT2D eigenvalue weighted by Crippen LogP contribution is 2.43. The average molecular weight is 455 g/mol. The van der Waals surface area contributed by atoms with Crippen molar-refractivity contribution in [3.63, 3.8) is 0 Å². The first-order valence-corrected chi connectivity index (χ1v) is 11.9. The minimum absolute atomic E-state index is 0.217. The van der Waals surface area contributed by atoms with E-state index in [0.717, 1.165) is 16.7 Å². The van der Waals surface area contributed by atoms with Crippen LogP contribution in [0.1, 0.15) is 30.9 Å². The van der Waals surface area contributed by atoms with Crippen LogP contribution in [0.25, 0.3) is 11.1 Å². The minimum Gasteiger partial charge on any atom is -0.350 e. The number of fused-ring (bicyclic) bond motifs is 3. The molecule has 160 valence electrons. The topological polar surface area (TPSA) is 66.5 Å². The van der Waals surface area contributed by atoms with Gasteiger partial charge in [-0.3, -0.25) is 9.10 Å². The lowest BCUT2D eigenvalue weighted by Crippen LogP contribution is -2.42. The molecule has 1 aliphatic rings. The van der Waals surface area contributed by atoms with Gasteiger partial charge in [-0.15, -0.1) is 0 Å². The number of nitrogens with zero attached hydrogens (tertiary/aromatic N) is 1. The van der Waals surface area contributed by atoms with Crippen molar-refractivity contribution >= 4 is 33.2 Å². The monoisotopic (exact) mass is 454 g/mol. The first-order chi connectivity index (χ1) is 14.8. The Morgan fingerprint density at radius 3 is 2.42 bits per heavy atom. The Labute approximate surface area is 187 Å². The first-order valence-electron chi connectivity index (χ1n) is 10.0. The third-order valence-electron chi connectivity index (χ3n) is 5.39. The summed E-state index contributed by atoms with van der Waals surface area (Å²) in [5.74, 6) is -0.0797. The standard InChI is InChI=1S/C24H23ClN2O3S/c1-16(2)18-9-12-22-21(13-18)20-5-3-4-6-23(20)31(29,30)27(22)15-24(28)26-14-17-7-10-19(25)11-8-17/h3-13,16H,14-15H2,1-2H3,(H,26,28). The van der Waals surface area contributed by atoms with Gasteiger partial charge in [0.2, 0.25) is 5.91 Å². The zero-order valence-corrected chi connectivity index (χ0v) is 18.9. The van der Waals surface area contributed by atoms with Crippen LogP contribution in [0.5, 0.6) is 0 Å². The van der Waals surface area contributed by atoms with Gasteiger partial charge in [0.1, 0.15) is 6.54 Å². The molecule has 0 saturated carbocycles. The quantitative estimate of drug-likeness (QED) is 0.592. The van der Waals surface area contributed by atoms with E-state index >= 15 is 0 Å². The van der Waals surface area contributed by atoms with E-state index in [1.54, 1.807) is 30.3 Å². The van der Waals surface area contributed by atoms with Gasteiger partial charge in [0.15, 0.2) is 0 Å². The largest absolute Gasteiger partial charge is 0.350 e. The highest BCUT2D eigenvalue weighted by Gasteiger charge is 2.36. The molecule has 1 amide bonds. The van der Waals surface area contributed by atoms with Crippen LogP contribution in [0.2, 0.25) is 5.02 Å². The summed E-state index contributed by atoms with van der Waals surface area (Å²) >= 11 is 5.89. The van der Waals surface area contributed by atoms with Crippen molar-refractivity contribution in [2.24, 2.45) is 0 Å². The van der Waals surface area contributed by atoms with Gasteiger partial charge < -0.3 is 5.32 Å². The third kappa shape index (κ3) is 4.18. The molecule has 3 aromatic rings. The van der Waals surface area contributed by atoms with E-state index in [-0.39, 0.29) is 17.3 Å². The molecule has 0 saturated heterocycles. The predicted molar refractivity (Wildman–Crippen MR) is 124 cm³/mol. The molecule has 4 rings (SSSR count). The van der Waals surface area contributed by atoms with Crippen molar-refractivity contribution < 1.29 is 13.2 Å². The summed E-state index contributed by atoms with van der Waals surface area (Å²) in [6.07, 6.45) is 0. The van der Waals surface area contributed by atoms with Crippen molar-refractivity contribution in [2.75, 3.05) is 10.8 Å². The van der Waals surface area contributed by atoms with Crippen LogP contribution in [0.4, 0.5) is 5.69 Å². The third-order valence-corrected chi connectivity index (χ3v) is 7.46. The van der Waals surface area contributed by atoms with E-state index < -0.39 is 10.0 Å². The molecule has 0 spiro atoms. The van der Waals surface area contributed by atoms with Crippen LogP contribution in [-0.2, 0) is 21.4 Å². The maximum absolute atomic E-state index is 13.4. The molecule has 5 nitrogen and oxygen atoms in total. The number of anilines is 1. The molecule has 1 N–H and O–H groups in total.